The Labute approximate surface area is 232 Å². The van der Waals surface area contributed by atoms with E-state index in [1.807, 2.05) is 6.92 Å². The number of nitrogens with zero attached hydrogens (tertiary/aromatic N) is 6. The summed E-state index contributed by atoms with van der Waals surface area (Å²) in [7, 11) is 0. The third kappa shape index (κ3) is 7.11. The zero-order chi connectivity index (χ0) is 27.9. The second-order valence-corrected chi connectivity index (χ2v) is 10.4. The zero-order valence-corrected chi connectivity index (χ0v) is 22.8. The van der Waals surface area contributed by atoms with Crippen LogP contribution in [0.5, 0.6) is 0 Å². The van der Waals surface area contributed by atoms with Crippen molar-refractivity contribution in [2.24, 2.45) is 0 Å². The van der Waals surface area contributed by atoms with E-state index in [9.17, 15) is 14.0 Å². The zero-order valence-electron chi connectivity index (χ0n) is 22.8. The quantitative estimate of drug-likeness (QED) is 0.385. The average molecular weight is 554 g/mol. The number of benzene rings is 1. The lowest BCUT2D eigenvalue weighted by molar-refractivity contribution is -0.142. The smallest absolute Gasteiger partial charge is 0.247 e. The number of carbonyl (C=O) groups excluding carboxylic acids is 2. The van der Waals surface area contributed by atoms with Crippen molar-refractivity contribution in [3.05, 3.63) is 53.5 Å². The van der Waals surface area contributed by atoms with Crippen LogP contribution in [0.4, 0.5) is 4.39 Å². The van der Waals surface area contributed by atoms with Crippen molar-refractivity contribution in [2.75, 3.05) is 39.4 Å². The van der Waals surface area contributed by atoms with Crippen LogP contribution in [0.25, 0.3) is 11.6 Å². The molecule has 0 radical (unpaired) electrons. The molecule has 1 aromatic carbocycles. The standard InChI is InChI=1S/C28H36FN7O4/c1-20-7-12-24(40-20)27-31-33-36(32-27)19-25(37)35(14-4-13-34-15-17-39-18-16-34)26(21-8-10-22(29)11-9-21)28(38)30-23-5-2-3-6-23/h7-12,23,26H,2-6,13-19H2,1H3,(H,30,38)/t26-/m0/s1. The molecule has 3 heterocycles. The first-order valence-electron chi connectivity index (χ1n) is 14.0. The molecular weight excluding hydrogens is 517 g/mol. The number of nitrogens with one attached hydrogen (secondary N) is 1. The molecule has 11 nitrogen and oxygen atoms in total. The van der Waals surface area contributed by atoms with Gasteiger partial charge in [-0.15, -0.1) is 10.2 Å². The molecule has 214 valence electrons. The Hall–Kier alpha value is -3.64. The van der Waals surface area contributed by atoms with Crippen LogP contribution in [0.2, 0.25) is 0 Å². The summed E-state index contributed by atoms with van der Waals surface area (Å²) < 4.78 is 24.9. The monoisotopic (exact) mass is 553 g/mol. The number of halogens is 1. The fourth-order valence-corrected chi connectivity index (χ4v) is 5.33. The molecular formula is C28H36FN7O4. The van der Waals surface area contributed by atoms with Crippen molar-refractivity contribution in [1.82, 2.24) is 35.3 Å². The van der Waals surface area contributed by atoms with E-state index in [0.29, 0.717) is 43.3 Å². The highest BCUT2D eigenvalue weighted by atomic mass is 19.1. The lowest BCUT2D eigenvalue weighted by atomic mass is 10.0. The molecule has 2 fully saturated rings. The van der Waals surface area contributed by atoms with Gasteiger partial charge in [0.15, 0.2) is 5.76 Å². The van der Waals surface area contributed by atoms with Gasteiger partial charge in [0.05, 0.1) is 13.2 Å². The molecule has 0 unspecified atom stereocenters. The molecule has 2 aliphatic rings. The third-order valence-corrected chi connectivity index (χ3v) is 7.43. The van der Waals surface area contributed by atoms with Gasteiger partial charge < -0.3 is 19.4 Å². The minimum Gasteiger partial charge on any atom is -0.458 e. The van der Waals surface area contributed by atoms with Gasteiger partial charge in [-0.2, -0.15) is 4.80 Å². The summed E-state index contributed by atoms with van der Waals surface area (Å²) in [5, 5.41) is 15.5. The minimum absolute atomic E-state index is 0.0667. The summed E-state index contributed by atoms with van der Waals surface area (Å²) in [6, 6.07) is 8.47. The maximum atomic E-state index is 13.9. The average Bonchev–Trinajstić information content (AvgIpc) is 3.73. The van der Waals surface area contributed by atoms with Crippen LogP contribution in [-0.2, 0) is 20.9 Å². The summed E-state index contributed by atoms with van der Waals surface area (Å²) >= 11 is 0. The van der Waals surface area contributed by atoms with Crippen LogP contribution in [0.3, 0.4) is 0 Å². The van der Waals surface area contributed by atoms with Gasteiger partial charge in [0.1, 0.15) is 24.2 Å². The van der Waals surface area contributed by atoms with Gasteiger partial charge in [-0.25, -0.2) is 4.39 Å². The maximum Gasteiger partial charge on any atom is 0.247 e. The number of hydrogen-bond acceptors (Lipinski definition) is 8. The number of aromatic nitrogens is 4. The Morgan fingerprint density at radius 3 is 2.58 bits per heavy atom. The number of amides is 2. The second kappa shape index (κ2) is 13.1. The lowest BCUT2D eigenvalue weighted by Crippen LogP contribution is -2.48. The van der Waals surface area contributed by atoms with E-state index in [0.717, 1.165) is 45.3 Å². The predicted octanol–water partition coefficient (Wildman–Crippen LogP) is 2.73. The van der Waals surface area contributed by atoms with E-state index in [1.165, 1.54) is 16.9 Å². The number of carbonyl (C=O) groups is 2. The van der Waals surface area contributed by atoms with Gasteiger partial charge in [0, 0.05) is 32.2 Å². The molecule has 3 aromatic rings. The van der Waals surface area contributed by atoms with Crippen LogP contribution in [0, 0.1) is 12.7 Å². The Morgan fingerprint density at radius 2 is 1.88 bits per heavy atom. The van der Waals surface area contributed by atoms with E-state index in [4.69, 9.17) is 9.15 Å². The highest BCUT2D eigenvalue weighted by Crippen LogP contribution is 2.26. The summed E-state index contributed by atoms with van der Waals surface area (Å²) in [6.07, 6.45) is 4.59. The number of hydrogen-bond donors (Lipinski definition) is 1. The van der Waals surface area contributed by atoms with Crippen LogP contribution in [0.15, 0.2) is 40.8 Å². The molecule has 1 N–H and O–H groups in total. The molecule has 1 saturated carbocycles. The molecule has 40 heavy (non-hydrogen) atoms. The van der Waals surface area contributed by atoms with Gasteiger partial charge in [0.2, 0.25) is 17.6 Å². The molecule has 1 aliphatic heterocycles. The highest BCUT2D eigenvalue weighted by Gasteiger charge is 2.33. The SMILES string of the molecule is Cc1ccc(-c2nnn(CC(=O)N(CCCN3CCOCC3)[C@H](C(=O)NC3CCCC3)c3ccc(F)cc3)n2)o1. The first-order chi connectivity index (χ1) is 19.5. The topological polar surface area (TPSA) is 119 Å². The second-order valence-electron chi connectivity index (χ2n) is 10.4. The summed E-state index contributed by atoms with van der Waals surface area (Å²) in [5.41, 5.74) is 0.551. The van der Waals surface area contributed by atoms with Crippen molar-refractivity contribution in [2.45, 2.75) is 57.7 Å². The molecule has 2 aromatic heterocycles. The number of ether oxygens (including phenoxy) is 1. The van der Waals surface area contributed by atoms with Crippen molar-refractivity contribution >= 4 is 11.8 Å². The summed E-state index contributed by atoms with van der Waals surface area (Å²) in [5.74, 6) is 0.433. The fraction of sp³-hybridized carbons (Fsp3) is 0.536. The first kappa shape index (κ1) is 27.9. The maximum absolute atomic E-state index is 13.9. The van der Waals surface area contributed by atoms with E-state index >= 15 is 0 Å². The Balaban J connectivity index is 1.38. The largest absolute Gasteiger partial charge is 0.458 e. The van der Waals surface area contributed by atoms with Gasteiger partial charge >= 0.3 is 0 Å². The van der Waals surface area contributed by atoms with Gasteiger partial charge in [-0.3, -0.25) is 14.5 Å². The normalized spacial score (nSPS) is 17.1. The Morgan fingerprint density at radius 1 is 1.12 bits per heavy atom. The van der Waals surface area contributed by atoms with Crippen molar-refractivity contribution in [1.29, 1.82) is 0 Å². The van der Waals surface area contributed by atoms with Gasteiger partial charge in [-0.1, -0.05) is 25.0 Å². The van der Waals surface area contributed by atoms with Gasteiger partial charge in [0.25, 0.3) is 0 Å². The molecule has 1 aliphatic carbocycles. The summed E-state index contributed by atoms with van der Waals surface area (Å²) in [4.78, 5) is 32.7. The molecule has 1 saturated heterocycles. The van der Waals surface area contributed by atoms with Crippen molar-refractivity contribution in [3.8, 4) is 11.6 Å². The number of aryl methyl sites for hydroxylation is 1. The number of furan rings is 1. The predicted molar refractivity (Wildman–Crippen MR) is 143 cm³/mol. The molecule has 5 rings (SSSR count). The van der Waals surface area contributed by atoms with Crippen LogP contribution in [0.1, 0.15) is 49.5 Å². The third-order valence-electron chi connectivity index (χ3n) is 7.43. The number of tetrazole rings is 1. The number of rotatable bonds is 11. The lowest BCUT2D eigenvalue weighted by Gasteiger charge is -2.33. The Kier molecular flexibility index (Phi) is 9.17. The van der Waals surface area contributed by atoms with Crippen LogP contribution in [-0.4, -0.2) is 87.3 Å². The van der Waals surface area contributed by atoms with E-state index in [-0.39, 0.29) is 30.2 Å². The molecule has 2 amide bonds. The molecule has 0 spiro atoms. The number of morpholine rings is 1. The minimum atomic E-state index is -0.922. The van der Waals surface area contributed by atoms with Crippen LogP contribution < -0.4 is 5.32 Å². The first-order valence-corrected chi connectivity index (χ1v) is 14.0. The van der Waals surface area contributed by atoms with E-state index in [1.54, 1.807) is 29.2 Å². The van der Waals surface area contributed by atoms with Crippen molar-refractivity contribution < 1.29 is 23.1 Å². The Bertz CT molecular complexity index is 1270. The van der Waals surface area contributed by atoms with Crippen LogP contribution >= 0.6 is 0 Å². The van der Waals surface area contributed by atoms with E-state index < -0.39 is 11.9 Å². The van der Waals surface area contributed by atoms with Gasteiger partial charge in [-0.05, 0) is 61.2 Å². The van der Waals surface area contributed by atoms with Crippen molar-refractivity contribution in [3.63, 3.8) is 0 Å². The fourth-order valence-electron chi connectivity index (χ4n) is 5.33. The highest BCUT2D eigenvalue weighted by molar-refractivity contribution is 5.89. The molecule has 12 heteroatoms. The molecule has 1 atom stereocenters. The van der Waals surface area contributed by atoms with E-state index in [2.05, 4.69) is 25.6 Å². The summed E-state index contributed by atoms with van der Waals surface area (Å²) in [6.45, 7) is 5.72. The molecule has 0 bridgehead atoms.